The molecular formula is C11H15BrO3. The highest BCUT2D eigenvalue weighted by Gasteiger charge is 2.03. The van der Waals surface area contributed by atoms with Crippen molar-refractivity contribution >= 4 is 15.9 Å². The van der Waals surface area contributed by atoms with Gasteiger partial charge >= 0.3 is 0 Å². The molecule has 15 heavy (non-hydrogen) atoms. The first-order valence-corrected chi connectivity index (χ1v) is 5.58. The van der Waals surface area contributed by atoms with Crippen molar-refractivity contribution < 1.29 is 14.6 Å². The second kappa shape index (κ2) is 6.82. The third kappa shape index (κ3) is 4.20. The Labute approximate surface area is 98.1 Å². The van der Waals surface area contributed by atoms with Gasteiger partial charge in [0.15, 0.2) is 0 Å². The van der Waals surface area contributed by atoms with Crippen molar-refractivity contribution in [2.24, 2.45) is 0 Å². The molecule has 4 heteroatoms. The Kier molecular flexibility index (Phi) is 5.68. The third-order valence-electron chi connectivity index (χ3n) is 1.95. The van der Waals surface area contributed by atoms with Gasteiger partial charge in [-0.25, -0.2) is 0 Å². The normalized spacial score (nSPS) is 10.3. The molecule has 84 valence electrons. The van der Waals surface area contributed by atoms with Crippen molar-refractivity contribution in [1.29, 1.82) is 0 Å². The fourth-order valence-corrected chi connectivity index (χ4v) is 1.52. The van der Waals surface area contributed by atoms with E-state index in [0.29, 0.717) is 13.2 Å². The second-order valence-electron chi connectivity index (χ2n) is 3.10. The predicted octanol–water partition coefficient (Wildman–Crippen LogP) is 2.36. The molecule has 0 aliphatic carbocycles. The maximum Gasteiger partial charge on any atom is 0.125 e. The molecule has 0 bridgehead atoms. The molecule has 0 aliphatic rings. The quantitative estimate of drug-likeness (QED) is 0.810. The molecule has 1 N–H and O–H groups in total. The molecule has 0 spiro atoms. The minimum atomic E-state index is -0.00705. The van der Waals surface area contributed by atoms with Gasteiger partial charge in [-0.15, -0.1) is 0 Å². The number of benzene rings is 1. The summed E-state index contributed by atoms with van der Waals surface area (Å²) in [5.41, 5.74) is 0.801. The molecule has 0 atom stereocenters. The van der Waals surface area contributed by atoms with Gasteiger partial charge < -0.3 is 14.6 Å². The Balaban J connectivity index is 2.54. The smallest absolute Gasteiger partial charge is 0.125 e. The van der Waals surface area contributed by atoms with E-state index in [0.717, 1.165) is 22.2 Å². The van der Waals surface area contributed by atoms with E-state index in [4.69, 9.17) is 14.6 Å². The average molecular weight is 275 g/mol. The van der Waals surface area contributed by atoms with E-state index < -0.39 is 0 Å². The Morgan fingerprint density at radius 3 is 2.80 bits per heavy atom. The van der Waals surface area contributed by atoms with Gasteiger partial charge in [0, 0.05) is 30.2 Å². The minimum Gasteiger partial charge on any atom is -0.493 e. The van der Waals surface area contributed by atoms with Gasteiger partial charge in [-0.05, 0) is 12.1 Å². The highest BCUT2D eigenvalue weighted by atomic mass is 79.9. The summed E-state index contributed by atoms with van der Waals surface area (Å²) in [6, 6.07) is 5.58. The summed E-state index contributed by atoms with van der Waals surface area (Å²) in [4.78, 5) is 0. The summed E-state index contributed by atoms with van der Waals surface area (Å²) < 4.78 is 11.4. The van der Waals surface area contributed by atoms with Crippen LogP contribution in [-0.4, -0.2) is 25.4 Å². The van der Waals surface area contributed by atoms with Crippen LogP contribution in [-0.2, 0) is 11.3 Å². The Hall–Kier alpha value is -0.580. The number of rotatable bonds is 6. The van der Waals surface area contributed by atoms with Crippen LogP contribution in [0.2, 0.25) is 0 Å². The van der Waals surface area contributed by atoms with Crippen LogP contribution >= 0.6 is 15.9 Å². The highest BCUT2D eigenvalue weighted by molar-refractivity contribution is 9.10. The van der Waals surface area contributed by atoms with Gasteiger partial charge in [-0.2, -0.15) is 0 Å². The van der Waals surface area contributed by atoms with Crippen LogP contribution in [0, 0.1) is 0 Å². The number of methoxy groups -OCH3 is 1. The van der Waals surface area contributed by atoms with Crippen molar-refractivity contribution in [3.63, 3.8) is 0 Å². The van der Waals surface area contributed by atoms with Crippen LogP contribution in [0.25, 0.3) is 0 Å². The summed E-state index contributed by atoms with van der Waals surface area (Å²) in [5, 5.41) is 9.09. The summed E-state index contributed by atoms with van der Waals surface area (Å²) in [6.45, 7) is 1.27. The molecule has 3 nitrogen and oxygen atoms in total. The lowest BCUT2D eigenvalue weighted by Gasteiger charge is -2.10. The van der Waals surface area contributed by atoms with E-state index in [1.807, 2.05) is 18.2 Å². The fraction of sp³-hybridized carbons (Fsp3) is 0.455. The number of halogens is 1. The largest absolute Gasteiger partial charge is 0.493 e. The lowest BCUT2D eigenvalue weighted by molar-refractivity contribution is 0.170. The lowest BCUT2D eigenvalue weighted by atomic mass is 10.2. The van der Waals surface area contributed by atoms with Gasteiger partial charge in [0.05, 0.1) is 13.2 Å². The highest BCUT2D eigenvalue weighted by Crippen LogP contribution is 2.23. The lowest BCUT2D eigenvalue weighted by Crippen LogP contribution is -2.03. The van der Waals surface area contributed by atoms with Crippen LogP contribution in [0.3, 0.4) is 0 Å². The van der Waals surface area contributed by atoms with Gasteiger partial charge in [0.2, 0.25) is 0 Å². The molecule has 0 unspecified atom stereocenters. The zero-order valence-corrected chi connectivity index (χ0v) is 10.3. The van der Waals surface area contributed by atoms with Crippen molar-refractivity contribution in [2.75, 3.05) is 20.3 Å². The van der Waals surface area contributed by atoms with E-state index in [1.54, 1.807) is 7.11 Å². The number of hydrogen-bond acceptors (Lipinski definition) is 3. The Morgan fingerprint density at radius 2 is 2.13 bits per heavy atom. The summed E-state index contributed by atoms with van der Waals surface area (Å²) in [7, 11) is 1.66. The number of hydrogen-bond donors (Lipinski definition) is 1. The van der Waals surface area contributed by atoms with E-state index >= 15 is 0 Å². The first-order valence-electron chi connectivity index (χ1n) is 4.79. The van der Waals surface area contributed by atoms with E-state index in [1.165, 1.54) is 0 Å². The maximum atomic E-state index is 9.09. The summed E-state index contributed by atoms with van der Waals surface area (Å²) >= 11 is 3.36. The topological polar surface area (TPSA) is 38.7 Å². The van der Waals surface area contributed by atoms with E-state index in [2.05, 4.69) is 15.9 Å². The molecule has 1 rings (SSSR count). The van der Waals surface area contributed by atoms with Crippen LogP contribution in [0.15, 0.2) is 22.7 Å². The predicted molar refractivity (Wildman–Crippen MR) is 62.1 cm³/mol. The third-order valence-corrected chi connectivity index (χ3v) is 2.44. The van der Waals surface area contributed by atoms with Crippen LogP contribution in [0.5, 0.6) is 5.75 Å². The molecule has 0 amide bonds. The molecule has 0 heterocycles. The van der Waals surface area contributed by atoms with E-state index in [9.17, 15) is 0 Å². The summed E-state index contributed by atoms with van der Waals surface area (Å²) in [6.07, 6.45) is 0.841. The summed E-state index contributed by atoms with van der Waals surface area (Å²) in [5.74, 6) is 0.725. The van der Waals surface area contributed by atoms with Crippen molar-refractivity contribution in [1.82, 2.24) is 0 Å². The average Bonchev–Trinajstić information content (AvgIpc) is 2.25. The molecule has 0 aromatic heterocycles. The molecule has 1 aromatic rings. The van der Waals surface area contributed by atoms with E-state index in [-0.39, 0.29) is 6.61 Å². The Morgan fingerprint density at radius 1 is 1.33 bits per heavy atom. The van der Waals surface area contributed by atoms with Crippen molar-refractivity contribution in [2.45, 2.75) is 13.0 Å². The molecule has 0 aliphatic heterocycles. The van der Waals surface area contributed by atoms with Gasteiger partial charge in [-0.3, -0.25) is 0 Å². The SMILES string of the molecule is COCCCOc1cc(Br)ccc1CO. The van der Waals surface area contributed by atoms with Crippen molar-refractivity contribution in [3.8, 4) is 5.75 Å². The molecule has 0 fully saturated rings. The van der Waals surface area contributed by atoms with Gasteiger partial charge in [0.25, 0.3) is 0 Å². The molecule has 1 aromatic carbocycles. The van der Waals surface area contributed by atoms with Gasteiger partial charge in [0.1, 0.15) is 5.75 Å². The fourth-order valence-electron chi connectivity index (χ4n) is 1.18. The van der Waals surface area contributed by atoms with Crippen LogP contribution in [0.1, 0.15) is 12.0 Å². The Bertz CT molecular complexity index is 302. The second-order valence-corrected chi connectivity index (χ2v) is 4.02. The minimum absolute atomic E-state index is 0.00705. The number of aliphatic hydroxyl groups is 1. The maximum absolute atomic E-state index is 9.09. The number of ether oxygens (including phenoxy) is 2. The molecule has 0 saturated heterocycles. The zero-order valence-electron chi connectivity index (χ0n) is 8.70. The zero-order chi connectivity index (χ0) is 11.1. The van der Waals surface area contributed by atoms with Crippen LogP contribution < -0.4 is 4.74 Å². The van der Waals surface area contributed by atoms with Crippen LogP contribution in [0.4, 0.5) is 0 Å². The molecule has 0 saturated carbocycles. The first kappa shape index (κ1) is 12.5. The standard InChI is InChI=1S/C11H15BrO3/c1-14-5-2-6-15-11-7-10(12)4-3-9(11)8-13/h3-4,7,13H,2,5-6,8H2,1H3. The molecule has 0 radical (unpaired) electrons. The van der Waals surface area contributed by atoms with Crippen molar-refractivity contribution in [3.05, 3.63) is 28.2 Å². The number of aliphatic hydroxyl groups excluding tert-OH is 1. The molecular weight excluding hydrogens is 260 g/mol. The van der Waals surface area contributed by atoms with Gasteiger partial charge in [-0.1, -0.05) is 22.0 Å². The monoisotopic (exact) mass is 274 g/mol. The first-order chi connectivity index (χ1) is 7.27.